The Balaban J connectivity index is 1.57. The first-order chi connectivity index (χ1) is 18.4. The largest absolute Gasteiger partial charge is 0.502 e. The third kappa shape index (κ3) is 5.15. The summed E-state index contributed by atoms with van der Waals surface area (Å²) in [5.41, 5.74) is 5.78. The van der Waals surface area contributed by atoms with Gasteiger partial charge in [0.1, 0.15) is 11.9 Å². The minimum absolute atomic E-state index is 0.0808. The highest BCUT2D eigenvalue weighted by Gasteiger charge is 2.36. The Morgan fingerprint density at radius 1 is 1.05 bits per heavy atom. The molecule has 0 heterocycles. The Bertz CT molecular complexity index is 1400. The number of rotatable bonds is 9. The van der Waals surface area contributed by atoms with Gasteiger partial charge in [-0.15, -0.1) is 0 Å². The molecule has 0 spiro atoms. The first kappa shape index (κ1) is 25.5. The molecule has 0 aliphatic heterocycles. The number of amides is 1. The van der Waals surface area contributed by atoms with Crippen molar-refractivity contribution in [3.8, 4) is 17.2 Å². The van der Waals surface area contributed by atoms with Crippen LogP contribution < -0.4 is 20.1 Å². The number of fused-ring (bicyclic) bond motifs is 1. The van der Waals surface area contributed by atoms with E-state index in [1.165, 1.54) is 26.4 Å². The molecular formula is C31H31FN2O4. The minimum atomic E-state index is -0.637. The van der Waals surface area contributed by atoms with Crippen molar-refractivity contribution in [3.63, 3.8) is 0 Å². The lowest BCUT2D eigenvalue weighted by atomic mass is 9.97. The van der Waals surface area contributed by atoms with E-state index in [1.807, 2.05) is 43.3 Å². The van der Waals surface area contributed by atoms with E-state index >= 15 is 0 Å². The number of halogens is 1. The third-order valence-corrected chi connectivity index (χ3v) is 7.02. The average Bonchev–Trinajstić information content (AvgIpc) is 3.71. The number of hydrogen-bond donors (Lipinski definition) is 3. The van der Waals surface area contributed by atoms with Crippen LogP contribution in [0.1, 0.15) is 42.0 Å². The fraction of sp³-hybridized carbons (Fsp3) is 0.258. The van der Waals surface area contributed by atoms with Crippen LogP contribution in [0.25, 0.3) is 17.2 Å². The zero-order valence-corrected chi connectivity index (χ0v) is 21.7. The normalized spacial score (nSPS) is 16.4. The van der Waals surface area contributed by atoms with Crippen LogP contribution in [-0.4, -0.2) is 37.3 Å². The number of hydrogen-bond acceptors (Lipinski definition) is 5. The molecular weight excluding hydrogens is 483 g/mol. The van der Waals surface area contributed by atoms with E-state index in [-0.39, 0.29) is 35.0 Å². The van der Waals surface area contributed by atoms with Crippen LogP contribution in [-0.2, 0) is 11.3 Å². The molecule has 0 aromatic heterocycles. The number of carbonyl (C=O) groups excluding carboxylic acids is 1. The molecule has 0 bridgehead atoms. The molecule has 2 aliphatic rings. The fourth-order valence-electron chi connectivity index (χ4n) is 4.91. The second-order valence-electron chi connectivity index (χ2n) is 9.64. The van der Waals surface area contributed by atoms with E-state index in [9.17, 15) is 14.3 Å². The summed E-state index contributed by atoms with van der Waals surface area (Å²) in [5, 5.41) is 16.9. The predicted octanol–water partition coefficient (Wildman–Crippen LogP) is 5.31. The average molecular weight is 515 g/mol. The number of benzene rings is 3. The zero-order chi connectivity index (χ0) is 26.8. The molecule has 1 unspecified atom stereocenters. The van der Waals surface area contributed by atoms with Gasteiger partial charge in [0.2, 0.25) is 11.7 Å². The van der Waals surface area contributed by atoms with Gasteiger partial charge in [0.15, 0.2) is 11.5 Å². The summed E-state index contributed by atoms with van der Waals surface area (Å²) in [4.78, 5) is 13.6. The quantitative estimate of drug-likeness (QED) is 0.361. The molecule has 0 saturated heterocycles. The highest BCUT2D eigenvalue weighted by Crippen LogP contribution is 2.45. The van der Waals surface area contributed by atoms with Crippen molar-refractivity contribution in [2.45, 2.75) is 38.4 Å². The van der Waals surface area contributed by atoms with E-state index in [1.54, 1.807) is 18.2 Å². The SMILES string of the molecule is COc1cc(C=C2C(C)=C(C(NC3CC3)C(=O)NCc3ccccc3)c3cc(F)ccc32)cc(OC)c1O. The molecule has 1 saturated carbocycles. The van der Waals surface area contributed by atoms with Crippen molar-refractivity contribution in [2.24, 2.45) is 0 Å². The van der Waals surface area contributed by atoms with Gasteiger partial charge >= 0.3 is 0 Å². The second kappa shape index (κ2) is 10.7. The maximum atomic E-state index is 14.5. The molecule has 1 amide bonds. The smallest absolute Gasteiger partial charge is 0.242 e. The number of phenolic OH excluding ortho intramolecular Hbond substituents is 1. The van der Waals surface area contributed by atoms with Gasteiger partial charge in [-0.2, -0.15) is 0 Å². The van der Waals surface area contributed by atoms with Crippen molar-refractivity contribution >= 4 is 23.1 Å². The first-order valence-electron chi connectivity index (χ1n) is 12.7. The lowest BCUT2D eigenvalue weighted by Gasteiger charge is -2.21. The summed E-state index contributed by atoms with van der Waals surface area (Å²) in [6.45, 7) is 2.36. The summed E-state index contributed by atoms with van der Waals surface area (Å²) in [6.07, 6.45) is 3.95. The summed E-state index contributed by atoms with van der Waals surface area (Å²) in [5.74, 6) is -0.0339. The topological polar surface area (TPSA) is 79.8 Å². The molecule has 3 N–H and O–H groups in total. The van der Waals surface area contributed by atoms with Gasteiger partial charge in [0.05, 0.1) is 14.2 Å². The Kier molecular flexibility index (Phi) is 7.20. The van der Waals surface area contributed by atoms with Gasteiger partial charge in [-0.1, -0.05) is 36.4 Å². The van der Waals surface area contributed by atoms with Crippen LogP contribution in [0.5, 0.6) is 17.2 Å². The van der Waals surface area contributed by atoms with Crippen LogP contribution in [0.3, 0.4) is 0 Å². The maximum Gasteiger partial charge on any atom is 0.242 e. The van der Waals surface area contributed by atoms with Crippen molar-refractivity contribution in [3.05, 3.63) is 94.3 Å². The summed E-state index contributed by atoms with van der Waals surface area (Å²) < 4.78 is 25.2. The van der Waals surface area contributed by atoms with Gasteiger partial charge in [-0.3, -0.25) is 10.1 Å². The number of aromatic hydroxyl groups is 1. The Hall–Kier alpha value is -4.10. The summed E-state index contributed by atoms with van der Waals surface area (Å²) in [7, 11) is 2.95. The standard InChI is InChI=1S/C31H31FN2O4/c1-18-24(13-20-14-26(37-2)30(35)27(15-20)38-3)23-12-9-21(32)16-25(23)28(18)29(34-22-10-11-22)31(36)33-17-19-7-5-4-6-8-19/h4-9,12-16,22,29,34-35H,10-11,17H2,1-3H3,(H,33,36). The molecule has 1 fully saturated rings. The van der Waals surface area contributed by atoms with Crippen molar-refractivity contribution in [1.82, 2.24) is 10.6 Å². The van der Waals surface area contributed by atoms with Gasteiger partial charge in [0, 0.05) is 12.6 Å². The first-order valence-corrected chi connectivity index (χ1v) is 12.7. The van der Waals surface area contributed by atoms with Gasteiger partial charge in [-0.05, 0) is 89.1 Å². The summed E-state index contributed by atoms with van der Waals surface area (Å²) >= 11 is 0. The minimum Gasteiger partial charge on any atom is -0.502 e. The Morgan fingerprint density at radius 2 is 1.74 bits per heavy atom. The van der Waals surface area contributed by atoms with Gasteiger partial charge in [0.25, 0.3) is 0 Å². The zero-order valence-electron chi connectivity index (χ0n) is 21.7. The molecule has 0 radical (unpaired) electrons. The number of nitrogens with one attached hydrogen (secondary N) is 2. The molecule has 7 heteroatoms. The van der Waals surface area contributed by atoms with E-state index in [0.717, 1.165) is 46.3 Å². The maximum absolute atomic E-state index is 14.5. The third-order valence-electron chi connectivity index (χ3n) is 7.02. The number of allylic oxidation sites excluding steroid dienone is 2. The van der Waals surface area contributed by atoms with Crippen LogP contribution in [0.4, 0.5) is 4.39 Å². The van der Waals surface area contributed by atoms with Gasteiger partial charge < -0.3 is 19.9 Å². The summed E-state index contributed by atoms with van der Waals surface area (Å²) in [6, 6.07) is 17.5. The van der Waals surface area contributed by atoms with E-state index < -0.39 is 6.04 Å². The van der Waals surface area contributed by atoms with Crippen LogP contribution in [0.2, 0.25) is 0 Å². The van der Waals surface area contributed by atoms with Crippen LogP contribution in [0, 0.1) is 5.82 Å². The Morgan fingerprint density at radius 3 is 2.37 bits per heavy atom. The van der Waals surface area contributed by atoms with E-state index in [4.69, 9.17) is 9.47 Å². The van der Waals surface area contributed by atoms with Crippen LogP contribution in [0.15, 0.2) is 66.2 Å². The highest BCUT2D eigenvalue weighted by atomic mass is 19.1. The molecule has 196 valence electrons. The molecule has 1 atom stereocenters. The number of carbonyl (C=O) groups is 1. The van der Waals surface area contributed by atoms with Crippen molar-refractivity contribution in [2.75, 3.05) is 14.2 Å². The van der Waals surface area contributed by atoms with Gasteiger partial charge in [-0.25, -0.2) is 4.39 Å². The molecule has 3 aromatic carbocycles. The number of phenols is 1. The lowest BCUT2D eigenvalue weighted by Crippen LogP contribution is -2.45. The number of methoxy groups -OCH3 is 2. The number of ether oxygens (including phenoxy) is 2. The molecule has 6 nitrogen and oxygen atoms in total. The molecule has 2 aliphatic carbocycles. The lowest BCUT2D eigenvalue weighted by molar-refractivity contribution is -0.122. The Labute approximate surface area is 221 Å². The monoisotopic (exact) mass is 514 g/mol. The van der Waals surface area contributed by atoms with Crippen LogP contribution >= 0.6 is 0 Å². The van der Waals surface area contributed by atoms with Crippen molar-refractivity contribution < 1.29 is 23.8 Å². The van der Waals surface area contributed by atoms with E-state index in [0.29, 0.717) is 12.1 Å². The molecule has 38 heavy (non-hydrogen) atoms. The fourth-order valence-corrected chi connectivity index (χ4v) is 4.91. The molecule has 5 rings (SSSR count). The predicted molar refractivity (Wildman–Crippen MR) is 146 cm³/mol. The molecule has 3 aromatic rings. The second-order valence-corrected chi connectivity index (χ2v) is 9.64. The highest BCUT2D eigenvalue weighted by molar-refractivity contribution is 6.11. The van der Waals surface area contributed by atoms with E-state index in [2.05, 4.69) is 10.6 Å². The van der Waals surface area contributed by atoms with Crippen molar-refractivity contribution in [1.29, 1.82) is 0 Å².